The van der Waals surface area contributed by atoms with Gasteiger partial charge in [-0.05, 0) is 0 Å². The van der Waals surface area contributed by atoms with Gasteiger partial charge in [-0.3, -0.25) is 0 Å². The van der Waals surface area contributed by atoms with Crippen molar-refractivity contribution in [2.24, 2.45) is 0 Å². The van der Waals surface area contributed by atoms with E-state index < -0.39 is 35.6 Å². The lowest BCUT2D eigenvalue weighted by atomic mass is 9.84. The normalized spacial score (nSPS) is 57.9. The minimum absolute atomic E-state index is 1.75. The third-order valence-electron chi connectivity index (χ3n) is 2.18. The van der Waals surface area contributed by atoms with Crippen molar-refractivity contribution in [1.82, 2.24) is 0 Å². The molecular weight excluding hydrogens is 204 g/mol. The molecule has 0 bridgehead atoms. The van der Waals surface area contributed by atoms with Crippen LogP contribution in [0.5, 0.6) is 0 Å². The van der Waals surface area contributed by atoms with E-state index >= 15 is 0 Å². The molecule has 6 N–H and O–H groups in total. The lowest BCUT2D eigenvalue weighted by Crippen LogP contribution is -2.68. The van der Waals surface area contributed by atoms with Gasteiger partial charge >= 0.3 is 0 Å². The molecule has 6 nitrogen and oxygen atoms in total. The highest BCUT2D eigenvalue weighted by atomic mass is 35.5. The molecule has 0 heterocycles. The van der Waals surface area contributed by atoms with Crippen molar-refractivity contribution in [3.05, 3.63) is 0 Å². The molecule has 13 heavy (non-hydrogen) atoms. The van der Waals surface area contributed by atoms with E-state index in [2.05, 4.69) is 0 Å². The molecule has 0 spiro atoms. The topological polar surface area (TPSA) is 121 Å². The smallest absolute Gasteiger partial charge is 0.195 e. The molecule has 0 aromatic heterocycles. The number of halogens is 1. The third kappa shape index (κ3) is 1.55. The van der Waals surface area contributed by atoms with Crippen LogP contribution in [0.1, 0.15) is 0 Å². The van der Waals surface area contributed by atoms with Gasteiger partial charge < -0.3 is 30.6 Å². The number of hydrogen-bond donors (Lipinski definition) is 6. The Labute approximate surface area is 78.6 Å². The summed E-state index contributed by atoms with van der Waals surface area (Å²) in [6.45, 7) is 0. The second-order valence-corrected chi connectivity index (χ2v) is 3.69. The maximum absolute atomic E-state index is 9.20. The van der Waals surface area contributed by atoms with Gasteiger partial charge in [0.25, 0.3) is 0 Å². The van der Waals surface area contributed by atoms with E-state index in [1.165, 1.54) is 0 Å². The number of hydrogen-bond acceptors (Lipinski definition) is 6. The highest BCUT2D eigenvalue weighted by Crippen LogP contribution is 2.33. The van der Waals surface area contributed by atoms with E-state index in [1.807, 2.05) is 0 Å². The van der Waals surface area contributed by atoms with Crippen LogP contribution in [0.25, 0.3) is 0 Å². The molecule has 4 unspecified atom stereocenters. The Hall–Kier alpha value is 0.0500. The quantitative estimate of drug-likeness (QED) is 0.235. The Morgan fingerprint density at radius 2 is 1.08 bits per heavy atom. The molecule has 1 aliphatic carbocycles. The minimum atomic E-state index is -2.56. The number of aliphatic hydroxyl groups excluding tert-OH is 5. The Morgan fingerprint density at radius 3 is 1.38 bits per heavy atom. The summed E-state index contributed by atoms with van der Waals surface area (Å²) in [4.78, 5) is 0. The summed E-state index contributed by atoms with van der Waals surface area (Å²) >= 11 is 5.25. The Morgan fingerprint density at radius 1 is 0.769 bits per heavy atom. The van der Waals surface area contributed by atoms with Crippen LogP contribution in [0.4, 0.5) is 0 Å². The highest BCUT2D eigenvalue weighted by Gasteiger charge is 2.56. The molecule has 1 aliphatic rings. The molecule has 4 atom stereocenters. The van der Waals surface area contributed by atoms with E-state index in [0.29, 0.717) is 0 Å². The molecule has 0 amide bonds. The van der Waals surface area contributed by atoms with Gasteiger partial charge in [-0.2, -0.15) is 0 Å². The second-order valence-electron chi connectivity index (χ2n) is 3.09. The largest absolute Gasteiger partial charge is 0.387 e. The Balaban J connectivity index is 2.93. The van der Waals surface area contributed by atoms with Crippen LogP contribution in [0.2, 0.25) is 0 Å². The van der Waals surface area contributed by atoms with E-state index in [9.17, 15) is 5.11 Å². The van der Waals surface area contributed by atoms with Crippen LogP contribution in [0.15, 0.2) is 0 Å². The first kappa shape index (κ1) is 11.1. The fourth-order valence-electron chi connectivity index (χ4n) is 1.23. The molecule has 0 radical (unpaired) electrons. The Kier molecular flexibility index (Phi) is 2.84. The molecule has 1 saturated carbocycles. The first-order chi connectivity index (χ1) is 5.80. The maximum atomic E-state index is 9.20. The summed E-state index contributed by atoms with van der Waals surface area (Å²) in [5.41, 5.74) is 0. The van der Waals surface area contributed by atoms with Gasteiger partial charge in [0.2, 0.25) is 0 Å². The lowest BCUT2D eigenvalue weighted by molar-refractivity contribution is -0.238. The predicted octanol–water partition coefficient (Wildman–Crippen LogP) is -3.27. The van der Waals surface area contributed by atoms with Crippen LogP contribution >= 0.6 is 11.6 Å². The molecule has 7 heteroatoms. The van der Waals surface area contributed by atoms with Crippen molar-refractivity contribution in [2.45, 2.75) is 35.6 Å². The van der Waals surface area contributed by atoms with E-state index in [0.717, 1.165) is 0 Å². The summed E-state index contributed by atoms with van der Waals surface area (Å²) in [5, 5.41) is 52.0. The highest BCUT2D eigenvalue weighted by molar-refractivity contribution is 6.23. The van der Waals surface area contributed by atoms with E-state index in [1.54, 1.807) is 0 Å². The standard InChI is InChI=1S/C6H11ClO6/c7-6(13)4(11)2(9)1(8)3(10)5(6)12/h1-5,8-13H. The molecular formula is C6H11ClO6. The first-order valence-electron chi connectivity index (χ1n) is 3.61. The van der Waals surface area contributed by atoms with Crippen molar-refractivity contribution < 1.29 is 30.6 Å². The van der Waals surface area contributed by atoms with Gasteiger partial charge in [0.1, 0.15) is 30.5 Å². The van der Waals surface area contributed by atoms with Crippen molar-refractivity contribution in [2.75, 3.05) is 0 Å². The molecule has 78 valence electrons. The SMILES string of the molecule is OC1C(O)C(O)C(O)(Cl)C(O)C1O. The fraction of sp³-hybridized carbons (Fsp3) is 1.00. The van der Waals surface area contributed by atoms with Gasteiger partial charge in [0.15, 0.2) is 5.06 Å². The van der Waals surface area contributed by atoms with Crippen molar-refractivity contribution >= 4 is 11.6 Å². The summed E-state index contributed by atoms with van der Waals surface area (Å²) in [7, 11) is 0. The van der Waals surface area contributed by atoms with Crippen LogP contribution in [0.3, 0.4) is 0 Å². The molecule has 0 saturated heterocycles. The van der Waals surface area contributed by atoms with Gasteiger partial charge in [-0.1, -0.05) is 11.6 Å². The van der Waals surface area contributed by atoms with Crippen LogP contribution in [-0.4, -0.2) is 66.2 Å². The zero-order chi connectivity index (χ0) is 10.4. The maximum Gasteiger partial charge on any atom is 0.195 e. The molecule has 0 aliphatic heterocycles. The molecule has 1 rings (SSSR count). The second kappa shape index (κ2) is 3.32. The summed E-state index contributed by atoms with van der Waals surface area (Å²) in [6, 6.07) is 0. The molecule has 1 fully saturated rings. The molecule has 0 aromatic rings. The number of rotatable bonds is 0. The van der Waals surface area contributed by atoms with Gasteiger partial charge in [0.05, 0.1) is 0 Å². The van der Waals surface area contributed by atoms with Crippen molar-refractivity contribution in [1.29, 1.82) is 0 Å². The zero-order valence-electron chi connectivity index (χ0n) is 6.45. The number of aliphatic hydroxyl groups is 6. The van der Waals surface area contributed by atoms with Gasteiger partial charge in [-0.15, -0.1) is 0 Å². The predicted molar refractivity (Wildman–Crippen MR) is 40.8 cm³/mol. The lowest BCUT2D eigenvalue weighted by Gasteiger charge is -2.44. The van der Waals surface area contributed by atoms with Crippen molar-refractivity contribution in [3.63, 3.8) is 0 Å². The van der Waals surface area contributed by atoms with Crippen LogP contribution in [-0.2, 0) is 0 Å². The van der Waals surface area contributed by atoms with Crippen LogP contribution in [0, 0.1) is 0 Å². The zero-order valence-corrected chi connectivity index (χ0v) is 7.20. The first-order valence-corrected chi connectivity index (χ1v) is 3.99. The minimum Gasteiger partial charge on any atom is -0.387 e. The van der Waals surface area contributed by atoms with Gasteiger partial charge in [-0.25, -0.2) is 0 Å². The average molecular weight is 215 g/mol. The molecule has 0 aromatic carbocycles. The summed E-state index contributed by atoms with van der Waals surface area (Å²) < 4.78 is 0. The average Bonchev–Trinajstić information content (AvgIpc) is 2.09. The Bertz CT molecular complexity index is 180. The summed E-state index contributed by atoms with van der Waals surface area (Å²) in [6.07, 6.45) is -9.21. The fourth-order valence-corrected chi connectivity index (χ4v) is 1.49. The van der Waals surface area contributed by atoms with E-state index in [-0.39, 0.29) is 0 Å². The van der Waals surface area contributed by atoms with Gasteiger partial charge in [0, 0.05) is 0 Å². The summed E-state index contributed by atoms with van der Waals surface area (Å²) in [5.74, 6) is 0. The van der Waals surface area contributed by atoms with E-state index in [4.69, 9.17) is 37.1 Å². The monoisotopic (exact) mass is 214 g/mol. The number of alkyl halides is 1. The third-order valence-corrected chi connectivity index (χ3v) is 2.62. The van der Waals surface area contributed by atoms with Crippen LogP contribution < -0.4 is 0 Å². The van der Waals surface area contributed by atoms with Crippen molar-refractivity contribution in [3.8, 4) is 0 Å².